The predicted octanol–water partition coefficient (Wildman–Crippen LogP) is 5.13. The van der Waals surface area contributed by atoms with Crippen molar-refractivity contribution in [2.75, 3.05) is 23.7 Å². The summed E-state index contributed by atoms with van der Waals surface area (Å²) in [5, 5.41) is 2.53. The number of hydrogen-bond donors (Lipinski definition) is 1. The predicted molar refractivity (Wildman–Crippen MR) is 128 cm³/mol. The Bertz CT molecular complexity index is 1270. The number of ether oxygens (including phenoxy) is 1. The molecule has 0 spiro atoms. The minimum atomic E-state index is -4.81. The molecule has 0 radical (unpaired) electrons. The number of para-hydroxylation sites is 1. The number of hydrogen-bond acceptors (Lipinski definition) is 4. The lowest BCUT2D eigenvalue weighted by Crippen LogP contribution is -2.31. The van der Waals surface area contributed by atoms with Crippen molar-refractivity contribution in [1.29, 1.82) is 0 Å². The van der Waals surface area contributed by atoms with E-state index in [4.69, 9.17) is 16.3 Å². The number of carbonyl (C=O) groups excluding carboxylic acids is 1. The maximum Gasteiger partial charge on any atom is 0.418 e. The molecule has 0 heterocycles. The van der Waals surface area contributed by atoms with E-state index in [1.54, 1.807) is 12.1 Å². The van der Waals surface area contributed by atoms with Crippen LogP contribution in [0.4, 0.5) is 18.9 Å². The van der Waals surface area contributed by atoms with Gasteiger partial charge in [0, 0.05) is 10.6 Å². The van der Waals surface area contributed by atoms with Crippen LogP contribution >= 0.6 is 11.6 Å². The van der Waals surface area contributed by atoms with Gasteiger partial charge in [0.05, 0.1) is 30.6 Å². The van der Waals surface area contributed by atoms with E-state index in [9.17, 15) is 26.4 Å². The summed E-state index contributed by atoms with van der Waals surface area (Å²) in [7, 11) is -4.08. The average Bonchev–Trinajstić information content (AvgIpc) is 2.80. The van der Waals surface area contributed by atoms with Gasteiger partial charge in [-0.3, -0.25) is 9.10 Å². The Balaban J connectivity index is 1.69. The number of alkyl halides is 3. The van der Waals surface area contributed by atoms with E-state index in [0.717, 1.165) is 12.3 Å². The third kappa shape index (κ3) is 7.37. The lowest BCUT2D eigenvalue weighted by Gasteiger charge is -2.26. The van der Waals surface area contributed by atoms with Crippen molar-refractivity contribution in [2.24, 2.45) is 0 Å². The van der Waals surface area contributed by atoms with Crippen molar-refractivity contribution < 1.29 is 31.1 Å². The molecule has 0 unspecified atom stereocenters. The normalized spacial score (nSPS) is 11.7. The van der Waals surface area contributed by atoms with Gasteiger partial charge in [0.25, 0.3) is 5.91 Å². The Hall–Kier alpha value is -3.24. The highest BCUT2D eigenvalue weighted by molar-refractivity contribution is 7.92. The Morgan fingerprint density at radius 1 is 1.03 bits per heavy atom. The SMILES string of the molecule is CS(=O)(=O)N(Cc1ccc(C(=O)NCCOc2ccccc2)cc1)c1ccc(Cl)cc1C(F)(F)F. The number of nitrogens with one attached hydrogen (secondary N) is 1. The summed E-state index contributed by atoms with van der Waals surface area (Å²) < 4.78 is 71.6. The maximum atomic E-state index is 13.5. The highest BCUT2D eigenvalue weighted by atomic mass is 35.5. The Morgan fingerprint density at radius 2 is 1.69 bits per heavy atom. The van der Waals surface area contributed by atoms with Crippen molar-refractivity contribution in [1.82, 2.24) is 5.32 Å². The first-order valence-corrected chi connectivity index (χ1v) is 12.6. The summed E-state index contributed by atoms with van der Waals surface area (Å²) in [6.45, 7) is 0.157. The number of anilines is 1. The largest absolute Gasteiger partial charge is 0.492 e. The van der Waals surface area contributed by atoms with Crippen LogP contribution < -0.4 is 14.4 Å². The van der Waals surface area contributed by atoms with Crippen molar-refractivity contribution in [2.45, 2.75) is 12.7 Å². The van der Waals surface area contributed by atoms with Crippen molar-refractivity contribution in [3.63, 3.8) is 0 Å². The molecule has 0 aromatic heterocycles. The number of rotatable bonds is 9. The molecular weight excluding hydrogens is 505 g/mol. The van der Waals surface area contributed by atoms with Crippen LogP contribution in [-0.4, -0.2) is 33.7 Å². The van der Waals surface area contributed by atoms with E-state index in [-0.39, 0.29) is 30.6 Å². The first kappa shape index (κ1) is 26.4. The number of carbonyl (C=O) groups is 1. The molecule has 11 heteroatoms. The van der Waals surface area contributed by atoms with Crippen molar-refractivity contribution >= 4 is 33.2 Å². The van der Waals surface area contributed by atoms with Crippen molar-refractivity contribution in [3.05, 3.63) is 94.5 Å². The lowest BCUT2D eigenvalue weighted by molar-refractivity contribution is -0.137. The van der Waals surface area contributed by atoms with Crippen LogP contribution in [0.15, 0.2) is 72.8 Å². The average molecular weight is 527 g/mol. The van der Waals surface area contributed by atoms with Gasteiger partial charge in [-0.2, -0.15) is 13.2 Å². The first-order chi connectivity index (χ1) is 16.4. The van der Waals surface area contributed by atoms with Gasteiger partial charge in [0.1, 0.15) is 12.4 Å². The van der Waals surface area contributed by atoms with Gasteiger partial charge in [-0.05, 0) is 48.0 Å². The zero-order valence-corrected chi connectivity index (χ0v) is 20.1. The van der Waals surface area contributed by atoms with Gasteiger partial charge >= 0.3 is 6.18 Å². The highest BCUT2D eigenvalue weighted by Crippen LogP contribution is 2.39. The van der Waals surface area contributed by atoms with E-state index in [0.29, 0.717) is 27.2 Å². The molecule has 1 N–H and O–H groups in total. The van der Waals surface area contributed by atoms with Crippen LogP contribution in [0, 0.1) is 0 Å². The topological polar surface area (TPSA) is 75.7 Å². The summed E-state index contributed by atoms with van der Waals surface area (Å²) in [4.78, 5) is 12.3. The monoisotopic (exact) mass is 526 g/mol. The Kier molecular flexibility index (Phi) is 8.29. The lowest BCUT2D eigenvalue weighted by atomic mass is 10.1. The summed E-state index contributed by atoms with van der Waals surface area (Å²) >= 11 is 5.71. The van der Waals surface area contributed by atoms with E-state index in [2.05, 4.69) is 5.32 Å². The van der Waals surface area contributed by atoms with Gasteiger partial charge < -0.3 is 10.1 Å². The summed E-state index contributed by atoms with van der Waals surface area (Å²) in [5.41, 5.74) is -1.00. The van der Waals surface area contributed by atoms with Crippen LogP contribution in [-0.2, 0) is 22.7 Å². The van der Waals surface area contributed by atoms with E-state index in [1.807, 2.05) is 18.2 Å². The highest BCUT2D eigenvalue weighted by Gasteiger charge is 2.37. The second-order valence-corrected chi connectivity index (χ2v) is 9.89. The molecule has 0 bridgehead atoms. The quantitative estimate of drug-likeness (QED) is 0.392. The standard InChI is InChI=1S/C24H22ClF3N2O4S/c1-35(32,33)30(22-12-11-19(25)15-21(22)24(26,27)28)16-17-7-9-18(10-8-17)23(31)29-13-14-34-20-5-3-2-4-6-20/h2-12,15H,13-14,16H2,1H3,(H,29,31). The first-order valence-electron chi connectivity index (χ1n) is 10.3. The van der Waals surface area contributed by atoms with Gasteiger partial charge in [0.2, 0.25) is 10.0 Å². The Labute approximate surface area is 206 Å². The maximum absolute atomic E-state index is 13.5. The number of nitrogens with zero attached hydrogens (tertiary/aromatic N) is 1. The van der Waals surface area contributed by atoms with E-state index >= 15 is 0 Å². The summed E-state index contributed by atoms with van der Waals surface area (Å²) in [6, 6.07) is 17.9. The third-order valence-corrected chi connectivity index (χ3v) is 6.24. The number of halogens is 4. The molecule has 3 rings (SSSR count). The molecule has 0 atom stereocenters. The number of benzene rings is 3. The summed E-state index contributed by atoms with van der Waals surface area (Å²) in [5.74, 6) is 0.307. The molecule has 35 heavy (non-hydrogen) atoms. The van der Waals surface area contributed by atoms with Crippen LogP contribution in [0.5, 0.6) is 5.75 Å². The smallest absolute Gasteiger partial charge is 0.418 e. The molecule has 3 aromatic rings. The molecule has 0 fully saturated rings. The molecule has 0 aliphatic heterocycles. The van der Waals surface area contributed by atoms with E-state index in [1.165, 1.54) is 30.3 Å². The summed E-state index contributed by atoms with van der Waals surface area (Å²) in [6.07, 6.45) is -3.99. The molecule has 186 valence electrons. The Morgan fingerprint density at radius 3 is 2.29 bits per heavy atom. The molecular formula is C24H22ClF3N2O4S. The second-order valence-electron chi connectivity index (χ2n) is 7.54. The minimum absolute atomic E-state index is 0.168. The minimum Gasteiger partial charge on any atom is -0.492 e. The molecule has 0 saturated heterocycles. The van der Waals surface area contributed by atoms with Crippen LogP contribution in [0.3, 0.4) is 0 Å². The number of amides is 1. The zero-order valence-electron chi connectivity index (χ0n) is 18.5. The van der Waals surface area contributed by atoms with E-state index < -0.39 is 27.5 Å². The van der Waals surface area contributed by atoms with Gasteiger partial charge in [0.15, 0.2) is 0 Å². The van der Waals surface area contributed by atoms with Crippen LogP contribution in [0.25, 0.3) is 0 Å². The van der Waals surface area contributed by atoms with Gasteiger partial charge in [-0.15, -0.1) is 0 Å². The molecule has 1 amide bonds. The fourth-order valence-electron chi connectivity index (χ4n) is 3.21. The fraction of sp³-hybridized carbons (Fsp3) is 0.208. The molecule has 0 saturated carbocycles. The van der Waals surface area contributed by atoms with Gasteiger partial charge in [-0.25, -0.2) is 8.42 Å². The third-order valence-electron chi connectivity index (χ3n) is 4.87. The van der Waals surface area contributed by atoms with Crippen LogP contribution in [0.2, 0.25) is 5.02 Å². The second kappa shape index (κ2) is 11.0. The fourth-order valence-corrected chi connectivity index (χ4v) is 4.29. The molecule has 6 nitrogen and oxygen atoms in total. The molecule has 3 aromatic carbocycles. The number of sulfonamides is 1. The zero-order chi connectivity index (χ0) is 25.6. The van der Waals surface area contributed by atoms with Crippen molar-refractivity contribution in [3.8, 4) is 5.75 Å². The molecule has 0 aliphatic rings. The van der Waals surface area contributed by atoms with Crippen LogP contribution in [0.1, 0.15) is 21.5 Å². The van der Waals surface area contributed by atoms with Gasteiger partial charge in [-0.1, -0.05) is 41.9 Å². The molecule has 0 aliphatic carbocycles.